The van der Waals surface area contributed by atoms with E-state index in [0.717, 1.165) is 76.8 Å². The van der Waals surface area contributed by atoms with Gasteiger partial charge in [-0.1, -0.05) is 0 Å². The highest BCUT2D eigenvalue weighted by molar-refractivity contribution is 5.79. The number of carbonyl (C=O) groups excluding carboxylic acids is 1. The molecule has 3 fully saturated rings. The van der Waals surface area contributed by atoms with E-state index in [-0.39, 0.29) is 5.92 Å². The van der Waals surface area contributed by atoms with Crippen molar-refractivity contribution in [2.24, 2.45) is 5.92 Å². The summed E-state index contributed by atoms with van der Waals surface area (Å²) in [5, 5.41) is 0. The monoisotopic (exact) mass is 374 g/mol. The lowest BCUT2D eigenvalue weighted by Gasteiger charge is -2.38. The third kappa shape index (κ3) is 4.32. The number of carbonyl (C=O) groups is 1. The Morgan fingerprint density at radius 1 is 0.926 bits per heavy atom. The molecule has 3 aliphatic heterocycles. The Kier molecular flexibility index (Phi) is 5.73. The second kappa shape index (κ2) is 8.39. The lowest BCUT2D eigenvalue weighted by molar-refractivity contribution is -0.138. The van der Waals surface area contributed by atoms with Gasteiger partial charge < -0.3 is 24.3 Å². The molecule has 0 spiro atoms. The quantitative estimate of drug-likeness (QED) is 0.754. The molecule has 8 heteroatoms. The van der Waals surface area contributed by atoms with E-state index in [2.05, 4.69) is 37.8 Å². The number of ether oxygens (including phenoxy) is 1. The van der Waals surface area contributed by atoms with E-state index in [1.54, 1.807) is 6.33 Å². The van der Waals surface area contributed by atoms with Crippen LogP contribution in [-0.2, 0) is 9.53 Å². The summed E-state index contributed by atoms with van der Waals surface area (Å²) in [6.45, 7) is 8.74. The van der Waals surface area contributed by atoms with E-state index in [4.69, 9.17) is 4.74 Å². The summed E-state index contributed by atoms with van der Waals surface area (Å²) in [7, 11) is 2.16. The first-order valence-corrected chi connectivity index (χ1v) is 10.1. The number of anilines is 2. The number of hydrogen-bond donors (Lipinski definition) is 0. The lowest BCUT2D eigenvalue weighted by atomic mass is 9.98. The SMILES string of the molecule is CN1CCN(c2cc(N3CCN(C(=O)C4CCOCC4)CC3)ncn2)CC1. The fourth-order valence-corrected chi connectivity index (χ4v) is 4.08. The van der Waals surface area contributed by atoms with Gasteiger partial charge in [0.1, 0.15) is 18.0 Å². The Bertz CT molecular complexity index is 635. The largest absolute Gasteiger partial charge is 0.381 e. The Labute approximate surface area is 161 Å². The molecular weight excluding hydrogens is 344 g/mol. The predicted molar refractivity (Wildman–Crippen MR) is 104 cm³/mol. The molecule has 0 aliphatic carbocycles. The molecule has 4 rings (SSSR count). The molecule has 27 heavy (non-hydrogen) atoms. The van der Waals surface area contributed by atoms with Crippen molar-refractivity contribution in [3.05, 3.63) is 12.4 Å². The fraction of sp³-hybridized carbons (Fsp3) is 0.737. The van der Waals surface area contributed by atoms with Crippen LogP contribution in [-0.4, -0.2) is 98.3 Å². The molecule has 8 nitrogen and oxygen atoms in total. The van der Waals surface area contributed by atoms with Gasteiger partial charge in [0.05, 0.1) is 0 Å². The Morgan fingerprint density at radius 3 is 2.07 bits per heavy atom. The van der Waals surface area contributed by atoms with Gasteiger partial charge in [-0.3, -0.25) is 4.79 Å². The third-order valence-corrected chi connectivity index (χ3v) is 5.95. The molecule has 0 radical (unpaired) electrons. The summed E-state index contributed by atoms with van der Waals surface area (Å²) in [6.07, 6.45) is 3.39. The maximum absolute atomic E-state index is 12.7. The predicted octanol–water partition coefficient (Wildman–Crippen LogP) is 0.304. The van der Waals surface area contributed by atoms with Gasteiger partial charge in [-0.25, -0.2) is 9.97 Å². The highest BCUT2D eigenvalue weighted by Crippen LogP contribution is 2.22. The zero-order valence-corrected chi connectivity index (χ0v) is 16.2. The highest BCUT2D eigenvalue weighted by Gasteiger charge is 2.29. The first-order chi connectivity index (χ1) is 13.2. The zero-order chi connectivity index (χ0) is 18.6. The van der Waals surface area contributed by atoms with Crippen LogP contribution >= 0.6 is 0 Å². The molecule has 4 heterocycles. The lowest BCUT2D eigenvalue weighted by Crippen LogP contribution is -2.51. The molecule has 0 unspecified atom stereocenters. The van der Waals surface area contributed by atoms with Crippen molar-refractivity contribution in [1.82, 2.24) is 19.8 Å². The molecule has 1 amide bonds. The summed E-state index contributed by atoms with van der Waals surface area (Å²) in [4.78, 5) is 30.6. The number of piperazine rings is 2. The second-order valence-corrected chi connectivity index (χ2v) is 7.72. The molecule has 0 saturated carbocycles. The van der Waals surface area contributed by atoms with E-state index >= 15 is 0 Å². The van der Waals surface area contributed by atoms with E-state index in [0.29, 0.717) is 19.1 Å². The van der Waals surface area contributed by atoms with Crippen molar-refractivity contribution >= 4 is 17.5 Å². The first-order valence-electron chi connectivity index (χ1n) is 10.1. The molecule has 0 atom stereocenters. The third-order valence-electron chi connectivity index (χ3n) is 5.95. The number of nitrogens with zero attached hydrogens (tertiary/aromatic N) is 6. The number of amides is 1. The van der Waals surface area contributed by atoms with Crippen LogP contribution in [0.3, 0.4) is 0 Å². The molecule has 0 N–H and O–H groups in total. The van der Waals surface area contributed by atoms with Gasteiger partial charge in [0.2, 0.25) is 5.91 Å². The van der Waals surface area contributed by atoms with Crippen LogP contribution in [0, 0.1) is 5.92 Å². The number of likely N-dealkylation sites (N-methyl/N-ethyl adjacent to an activating group) is 1. The number of rotatable bonds is 3. The summed E-state index contributed by atoms with van der Waals surface area (Å²) in [6, 6.07) is 2.10. The summed E-state index contributed by atoms with van der Waals surface area (Å²) in [5.41, 5.74) is 0. The van der Waals surface area contributed by atoms with E-state index in [1.165, 1.54) is 0 Å². The van der Waals surface area contributed by atoms with E-state index in [9.17, 15) is 4.79 Å². The Balaban J connectivity index is 1.34. The Morgan fingerprint density at radius 2 is 1.48 bits per heavy atom. The molecule has 0 aromatic carbocycles. The van der Waals surface area contributed by atoms with Gasteiger partial charge in [0, 0.05) is 77.6 Å². The van der Waals surface area contributed by atoms with E-state index in [1.807, 2.05) is 4.90 Å². The van der Waals surface area contributed by atoms with Crippen LogP contribution in [0.5, 0.6) is 0 Å². The minimum Gasteiger partial charge on any atom is -0.381 e. The van der Waals surface area contributed by atoms with Crippen molar-refractivity contribution in [2.45, 2.75) is 12.8 Å². The van der Waals surface area contributed by atoms with Gasteiger partial charge in [-0.15, -0.1) is 0 Å². The van der Waals surface area contributed by atoms with Gasteiger partial charge in [-0.2, -0.15) is 0 Å². The van der Waals surface area contributed by atoms with Gasteiger partial charge in [0.15, 0.2) is 0 Å². The van der Waals surface area contributed by atoms with Crippen molar-refractivity contribution in [2.75, 3.05) is 82.4 Å². The average molecular weight is 374 g/mol. The van der Waals surface area contributed by atoms with Crippen molar-refractivity contribution < 1.29 is 9.53 Å². The number of hydrogen-bond acceptors (Lipinski definition) is 7. The maximum Gasteiger partial charge on any atom is 0.225 e. The van der Waals surface area contributed by atoms with E-state index < -0.39 is 0 Å². The summed E-state index contributed by atoms with van der Waals surface area (Å²) in [5.74, 6) is 2.43. The van der Waals surface area contributed by atoms with Crippen molar-refractivity contribution in [3.63, 3.8) is 0 Å². The minimum atomic E-state index is 0.146. The second-order valence-electron chi connectivity index (χ2n) is 7.72. The molecule has 3 aliphatic rings. The maximum atomic E-state index is 12.7. The normalized spacial score (nSPS) is 22.9. The molecule has 1 aromatic rings. The van der Waals surface area contributed by atoms with Crippen molar-refractivity contribution in [3.8, 4) is 0 Å². The summed E-state index contributed by atoms with van der Waals surface area (Å²) < 4.78 is 5.38. The number of aromatic nitrogens is 2. The topological polar surface area (TPSA) is 65.0 Å². The molecular formula is C19H30N6O2. The highest BCUT2D eigenvalue weighted by atomic mass is 16.5. The molecule has 148 valence electrons. The smallest absolute Gasteiger partial charge is 0.225 e. The standard InChI is InChI=1S/C19H30N6O2/c1-22-4-6-23(7-5-22)17-14-18(21-15-20-17)24-8-10-25(11-9-24)19(26)16-2-12-27-13-3-16/h14-16H,2-13H2,1H3. The molecule has 0 bridgehead atoms. The van der Waals surface area contributed by atoms with Crippen LogP contribution in [0.1, 0.15) is 12.8 Å². The fourth-order valence-electron chi connectivity index (χ4n) is 4.08. The van der Waals surface area contributed by atoms with Crippen LogP contribution in [0.2, 0.25) is 0 Å². The molecule has 1 aromatic heterocycles. The van der Waals surface area contributed by atoms with Gasteiger partial charge in [-0.05, 0) is 19.9 Å². The van der Waals surface area contributed by atoms with Crippen LogP contribution < -0.4 is 9.80 Å². The van der Waals surface area contributed by atoms with Crippen molar-refractivity contribution in [1.29, 1.82) is 0 Å². The first kappa shape index (κ1) is 18.4. The van der Waals surface area contributed by atoms with Gasteiger partial charge >= 0.3 is 0 Å². The minimum absolute atomic E-state index is 0.146. The summed E-state index contributed by atoms with van der Waals surface area (Å²) >= 11 is 0. The van der Waals surface area contributed by atoms with Crippen LogP contribution in [0.4, 0.5) is 11.6 Å². The van der Waals surface area contributed by atoms with Crippen LogP contribution in [0.15, 0.2) is 12.4 Å². The molecule has 3 saturated heterocycles. The zero-order valence-electron chi connectivity index (χ0n) is 16.2. The van der Waals surface area contributed by atoms with Gasteiger partial charge in [0.25, 0.3) is 0 Å². The van der Waals surface area contributed by atoms with Crippen LogP contribution in [0.25, 0.3) is 0 Å². The average Bonchev–Trinajstić information content (AvgIpc) is 2.75. The Hall–Kier alpha value is -1.93.